The summed E-state index contributed by atoms with van der Waals surface area (Å²) in [6, 6.07) is 0. The molecule has 0 nitrogen and oxygen atoms in total. The maximum atomic E-state index is 12.3. The van der Waals surface area contributed by atoms with Gasteiger partial charge in [0.05, 0.1) is 5.92 Å². The predicted molar refractivity (Wildman–Crippen MR) is 43.9 cm³/mol. The fourth-order valence-electron chi connectivity index (χ4n) is 1.26. The van der Waals surface area contributed by atoms with E-state index in [4.69, 9.17) is 0 Å². The van der Waals surface area contributed by atoms with Crippen LogP contribution in [0.25, 0.3) is 0 Å². The molecule has 0 rings (SSSR count). The van der Waals surface area contributed by atoms with Gasteiger partial charge in [-0.2, -0.15) is 13.2 Å². The summed E-state index contributed by atoms with van der Waals surface area (Å²) in [6.07, 6.45) is -2.91. The molecule has 0 spiro atoms. The number of alkyl halides is 3. The van der Waals surface area contributed by atoms with Crippen LogP contribution in [0.1, 0.15) is 40.5 Å². The molecule has 1 unspecified atom stereocenters. The molecular formula is C9H17F3. The minimum absolute atomic E-state index is 0.574. The van der Waals surface area contributed by atoms with Gasteiger partial charge in [0.15, 0.2) is 0 Å². The molecule has 0 aliphatic carbocycles. The Hall–Kier alpha value is -0.210. The van der Waals surface area contributed by atoms with Crippen LogP contribution >= 0.6 is 0 Å². The van der Waals surface area contributed by atoms with Crippen LogP contribution in [0.15, 0.2) is 0 Å². The predicted octanol–water partition coefficient (Wildman–Crippen LogP) is 4.01. The highest BCUT2D eigenvalue weighted by Crippen LogP contribution is 2.43. The van der Waals surface area contributed by atoms with E-state index in [2.05, 4.69) is 0 Å². The molecule has 74 valence electrons. The van der Waals surface area contributed by atoms with E-state index in [0.717, 1.165) is 0 Å². The average molecular weight is 182 g/mol. The van der Waals surface area contributed by atoms with Crippen molar-refractivity contribution in [2.75, 3.05) is 0 Å². The molecule has 0 saturated carbocycles. The third-order valence-corrected chi connectivity index (χ3v) is 3.15. The number of rotatable bonds is 3. The molecular weight excluding hydrogens is 165 g/mol. The molecule has 12 heavy (non-hydrogen) atoms. The van der Waals surface area contributed by atoms with Gasteiger partial charge in [-0.15, -0.1) is 0 Å². The monoisotopic (exact) mass is 182 g/mol. The molecule has 0 aliphatic rings. The number of hydrogen-bond acceptors (Lipinski definition) is 0. The van der Waals surface area contributed by atoms with Crippen molar-refractivity contribution >= 4 is 0 Å². The zero-order chi connectivity index (χ0) is 9.99. The van der Waals surface area contributed by atoms with Crippen molar-refractivity contribution in [2.24, 2.45) is 11.3 Å². The van der Waals surface area contributed by atoms with Crippen LogP contribution in [0.5, 0.6) is 0 Å². The maximum absolute atomic E-state index is 12.3. The van der Waals surface area contributed by atoms with Crippen LogP contribution in [0.3, 0.4) is 0 Å². The first kappa shape index (κ1) is 11.8. The van der Waals surface area contributed by atoms with Crippen LogP contribution in [-0.2, 0) is 0 Å². The highest BCUT2D eigenvalue weighted by molar-refractivity contribution is 4.81. The third kappa shape index (κ3) is 2.39. The first-order chi connectivity index (χ1) is 5.28. The van der Waals surface area contributed by atoms with Crippen molar-refractivity contribution in [3.05, 3.63) is 0 Å². The van der Waals surface area contributed by atoms with E-state index in [9.17, 15) is 13.2 Å². The smallest absolute Gasteiger partial charge is 0.171 e. The molecule has 0 aromatic heterocycles. The van der Waals surface area contributed by atoms with Crippen molar-refractivity contribution in [3.8, 4) is 0 Å². The van der Waals surface area contributed by atoms with Gasteiger partial charge in [-0.25, -0.2) is 0 Å². The summed E-state index contributed by atoms with van der Waals surface area (Å²) < 4.78 is 37.0. The fraction of sp³-hybridized carbons (Fsp3) is 1.00. The molecule has 0 aromatic carbocycles. The molecule has 0 fully saturated rings. The van der Waals surface area contributed by atoms with Gasteiger partial charge in [0.25, 0.3) is 0 Å². The second-order valence-corrected chi connectivity index (χ2v) is 3.62. The summed E-state index contributed by atoms with van der Waals surface area (Å²) in [5.74, 6) is -1.21. The van der Waals surface area contributed by atoms with E-state index in [1.165, 1.54) is 6.92 Å². The minimum atomic E-state index is -4.05. The Labute approximate surface area is 72.2 Å². The minimum Gasteiger partial charge on any atom is -0.171 e. The Morgan fingerprint density at radius 3 is 1.50 bits per heavy atom. The van der Waals surface area contributed by atoms with Gasteiger partial charge >= 0.3 is 6.18 Å². The average Bonchev–Trinajstić information content (AvgIpc) is 2.00. The van der Waals surface area contributed by atoms with E-state index < -0.39 is 17.5 Å². The highest BCUT2D eigenvalue weighted by Gasteiger charge is 2.45. The molecule has 0 saturated heterocycles. The summed E-state index contributed by atoms with van der Waals surface area (Å²) in [5.41, 5.74) is -0.599. The van der Waals surface area contributed by atoms with Crippen molar-refractivity contribution < 1.29 is 13.2 Å². The molecule has 1 atom stereocenters. The quantitative estimate of drug-likeness (QED) is 0.618. The van der Waals surface area contributed by atoms with E-state index >= 15 is 0 Å². The fourth-order valence-corrected chi connectivity index (χ4v) is 1.26. The normalized spacial score (nSPS) is 16.2. The summed E-state index contributed by atoms with van der Waals surface area (Å²) in [4.78, 5) is 0. The van der Waals surface area contributed by atoms with E-state index in [1.807, 2.05) is 13.8 Å². The van der Waals surface area contributed by atoms with E-state index in [-0.39, 0.29) is 0 Å². The number of halogens is 3. The van der Waals surface area contributed by atoms with E-state index in [1.54, 1.807) is 6.92 Å². The zero-order valence-electron chi connectivity index (χ0n) is 8.13. The lowest BCUT2D eigenvalue weighted by Gasteiger charge is -2.35. The zero-order valence-corrected chi connectivity index (χ0v) is 8.13. The molecule has 0 radical (unpaired) electrons. The standard InChI is InChI=1S/C9H17F3/c1-5-8(4,6-2)7(3)9(10,11)12/h7H,5-6H2,1-4H3. The van der Waals surface area contributed by atoms with Crippen molar-refractivity contribution in [1.82, 2.24) is 0 Å². The second-order valence-electron chi connectivity index (χ2n) is 3.62. The first-order valence-corrected chi connectivity index (χ1v) is 4.34. The van der Waals surface area contributed by atoms with E-state index in [0.29, 0.717) is 12.8 Å². The lowest BCUT2D eigenvalue weighted by Crippen LogP contribution is -2.35. The van der Waals surface area contributed by atoms with Gasteiger partial charge in [-0.1, -0.05) is 40.5 Å². The molecule has 3 heteroatoms. The third-order valence-electron chi connectivity index (χ3n) is 3.15. The lowest BCUT2D eigenvalue weighted by molar-refractivity contribution is -0.200. The highest BCUT2D eigenvalue weighted by atomic mass is 19.4. The first-order valence-electron chi connectivity index (χ1n) is 4.34. The van der Waals surface area contributed by atoms with Crippen LogP contribution in [0, 0.1) is 11.3 Å². The Kier molecular flexibility index (Phi) is 3.60. The number of hydrogen-bond donors (Lipinski definition) is 0. The Morgan fingerprint density at radius 2 is 1.42 bits per heavy atom. The molecule has 0 N–H and O–H groups in total. The van der Waals surface area contributed by atoms with Gasteiger partial charge in [-0.3, -0.25) is 0 Å². The summed E-state index contributed by atoms with van der Waals surface area (Å²) >= 11 is 0. The van der Waals surface area contributed by atoms with Crippen molar-refractivity contribution in [3.63, 3.8) is 0 Å². The summed E-state index contributed by atoms with van der Waals surface area (Å²) in [5, 5.41) is 0. The van der Waals surface area contributed by atoms with Gasteiger partial charge in [-0.05, 0) is 5.41 Å². The molecule has 0 heterocycles. The molecule has 0 bridgehead atoms. The SMILES string of the molecule is CCC(C)(CC)C(C)C(F)(F)F. The van der Waals surface area contributed by atoms with Gasteiger partial charge in [0, 0.05) is 0 Å². The van der Waals surface area contributed by atoms with Crippen LogP contribution < -0.4 is 0 Å². The lowest BCUT2D eigenvalue weighted by atomic mass is 9.73. The van der Waals surface area contributed by atoms with Crippen molar-refractivity contribution in [2.45, 2.75) is 46.7 Å². The summed E-state index contributed by atoms with van der Waals surface area (Å²) in [7, 11) is 0. The maximum Gasteiger partial charge on any atom is 0.392 e. The van der Waals surface area contributed by atoms with Gasteiger partial charge in [0.2, 0.25) is 0 Å². The van der Waals surface area contributed by atoms with Gasteiger partial charge < -0.3 is 0 Å². The molecule has 0 amide bonds. The Balaban J connectivity index is 4.53. The Bertz CT molecular complexity index is 133. The topological polar surface area (TPSA) is 0 Å². The summed E-state index contributed by atoms with van der Waals surface area (Å²) in [6.45, 7) is 6.59. The van der Waals surface area contributed by atoms with Crippen LogP contribution in [0.4, 0.5) is 13.2 Å². The molecule has 0 aromatic rings. The van der Waals surface area contributed by atoms with Gasteiger partial charge in [0.1, 0.15) is 0 Å². The van der Waals surface area contributed by atoms with Crippen LogP contribution in [-0.4, -0.2) is 6.18 Å². The Morgan fingerprint density at radius 1 is 1.08 bits per heavy atom. The van der Waals surface area contributed by atoms with Crippen LogP contribution in [0.2, 0.25) is 0 Å². The second kappa shape index (κ2) is 3.67. The largest absolute Gasteiger partial charge is 0.392 e. The van der Waals surface area contributed by atoms with Crippen molar-refractivity contribution in [1.29, 1.82) is 0 Å². The molecule has 0 aliphatic heterocycles.